The highest BCUT2D eigenvalue weighted by Gasteiger charge is 2.30. The minimum absolute atomic E-state index is 0.519. The molecule has 0 fully saturated rings. The van der Waals surface area contributed by atoms with Gasteiger partial charge in [-0.05, 0) is 40.1 Å². The van der Waals surface area contributed by atoms with E-state index in [2.05, 4.69) is 23.2 Å². The number of nitrogens with zero attached hydrogens (tertiary/aromatic N) is 1. The summed E-state index contributed by atoms with van der Waals surface area (Å²) >= 11 is 0. The molecule has 1 nitrogen and oxygen atoms in total. The Morgan fingerprint density at radius 3 is 2.19 bits per heavy atom. The van der Waals surface area contributed by atoms with Crippen molar-refractivity contribution in [3.05, 3.63) is 90.6 Å². The van der Waals surface area contributed by atoms with E-state index in [-0.39, 0.29) is 0 Å². The van der Waals surface area contributed by atoms with Gasteiger partial charge >= 0.3 is 6.18 Å². The molecule has 0 aliphatic rings. The molecular weight excluding hydrogens is 335 g/mol. The first-order valence-electron chi connectivity index (χ1n) is 8.14. The molecule has 0 radical (unpaired) electrons. The molecule has 0 atom stereocenters. The number of alkyl halides is 3. The lowest BCUT2D eigenvalue weighted by Crippen LogP contribution is -2.05. The van der Waals surface area contributed by atoms with E-state index in [4.69, 9.17) is 0 Å². The Morgan fingerprint density at radius 1 is 0.692 bits per heavy atom. The first kappa shape index (κ1) is 16.3. The van der Waals surface area contributed by atoms with Crippen molar-refractivity contribution in [1.29, 1.82) is 0 Å². The van der Waals surface area contributed by atoms with Crippen LogP contribution in [0, 0.1) is 0 Å². The van der Waals surface area contributed by atoms with Gasteiger partial charge in [0, 0.05) is 11.8 Å². The van der Waals surface area contributed by atoms with Crippen molar-refractivity contribution in [3.63, 3.8) is 0 Å². The predicted molar refractivity (Wildman–Crippen MR) is 97.6 cm³/mol. The highest BCUT2D eigenvalue weighted by atomic mass is 19.4. The average Bonchev–Trinajstić information content (AvgIpc) is 2.67. The Kier molecular flexibility index (Phi) is 3.96. The van der Waals surface area contributed by atoms with Crippen LogP contribution in [0.3, 0.4) is 0 Å². The molecular formula is C22H14F3N. The number of fused-ring (bicyclic) bond motifs is 1. The summed E-state index contributed by atoms with van der Waals surface area (Å²) in [5.41, 5.74) is 2.81. The van der Waals surface area contributed by atoms with Crippen molar-refractivity contribution in [3.8, 4) is 22.4 Å². The molecule has 0 aliphatic carbocycles. The normalized spacial score (nSPS) is 11.7. The third kappa shape index (κ3) is 3.06. The summed E-state index contributed by atoms with van der Waals surface area (Å²) in [7, 11) is 0. The second-order valence-corrected chi connectivity index (χ2v) is 6.04. The summed E-state index contributed by atoms with van der Waals surface area (Å²) in [6.07, 6.45) is -3.50. The van der Waals surface area contributed by atoms with E-state index < -0.39 is 11.7 Å². The summed E-state index contributed by atoms with van der Waals surface area (Å²) in [5.74, 6) is 0. The van der Waals surface area contributed by atoms with E-state index in [0.29, 0.717) is 5.69 Å². The Hall–Kier alpha value is -3.14. The van der Waals surface area contributed by atoms with Crippen molar-refractivity contribution in [2.24, 2.45) is 0 Å². The van der Waals surface area contributed by atoms with Crippen LogP contribution in [0.2, 0.25) is 0 Å². The van der Waals surface area contributed by atoms with E-state index >= 15 is 0 Å². The van der Waals surface area contributed by atoms with Crippen LogP contribution < -0.4 is 0 Å². The SMILES string of the molecule is FC(F)(F)c1ccc(-c2ccc3c(-c4ccccc4)cccc3c2)nc1. The fraction of sp³-hybridized carbons (Fsp3) is 0.0455. The first-order valence-corrected chi connectivity index (χ1v) is 8.14. The zero-order valence-corrected chi connectivity index (χ0v) is 13.7. The third-order valence-corrected chi connectivity index (χ3v) is 4.35. The largest absolute Gasteiger partial charge is 0.417 e. The molecule has 0 aliphatic heterocycles. The van der Waals surface area contributed by atoms with E-state index in [1.165, 1.54) is 6.07 Å². The molecule has 0 unspecified atom stereocenters. The summed E-state index contributed by atoms with van der Waals surface area (Å²) in [5, 5.41) is 2.11. The minimum Gasteiger partial charge on any atom is -0.256 e. The predicted octanol–water partition coefficient (Wildman–Crippen LogP) is 6.59. The van der Waals surface area contributed by atoms with Crippen molar-refractivity contribution in [2.75, 3.05) is 0 Å². The second kappa shape index (κ2) is 6.30. The van der Waals surface area contributed by atoms with Crippen LogP contribution in [0.1, 0.15) is 5.56 Å². The number of benzene rings is 3. The van der Waals surface area contributed by atoms with Gasteiger partial charge in [-0.3, -0.25) is 4.98 Å². The number of hydrogen-bond donors (Lipinski definition) is 0. The molecule has 1 aromatic heterocycles. The monoisotopic (exact) mass is 349 g/mol. The third-order valence-electron chi connectivity index (χ3n) is 4.35. The van der Waals surface area contributed by atoms with Crippen LogP contribution in [-0.2, 0) is 6.18 Å². The van der Waals surface area contributed by atoms with Crippen LogP contribution in [0.15, 0.2) is 85.1 Å². The Balaban J connectivity index is 1.77. The lowest BCUT2D eigenvalue weighted by Gasteiger charge is -2.10. The standard InChI is InChI=1S/C22H14F3N/c23-22(24,25)18-10-12-21(26-14-18)17-9-11-20-16(13-17)7-4-8-19(20)15-5-2-1-3-6-15/h1-14H. The van der Waals surface area contributed by atoms with E-state index in [9.17, 15) is 13.2 Å². The van der Waals surface area contributed by atoms with Gasteiger partial charge in [0.1, 0.15) is 0 Å². The van der Waals surface area contributed by atoms with Crippen LogP contribution in [0.5, 0.6) is 0 Å². The zero-order valence-electron chi connectivity index (χ0n) is 13.7. The van der Waals surface area contributed by atoms with Gasteiger partial charge in [-0.2, -0.15) is 13.2 Å². The van der Waals surface area contributed by atoms with Crippen molar-refractivity contribution in [1.82, 2.24) is 4.98 Å². The maximum absolute atomic E-state index is 12.7. The number of rotatable bonds is 2. The molecule has 3 aromatic carbocycles. The smallest absolute Gasteiger partial charge is 0.256 e. The maximum atomic E-state index is 12.7. The summed E-state index contributed by atoms with van der Waals surface area (Å²) in [6.45, 7) is 0. The molecule has 0 saturated carbocycles. The van der Waals surface area contributed by atoms with Gasteiger partial charge in [0.25, 0.3) is 0 Å². The van der Waals surface area contributed by atoms with Gasteiger partial charge < -0.3 is 0 Å². The lowest BCUT2D eigenvalue weighted by molar-refractivity contribution is -0.137. The van der Waals surface area contributed by atoms with Crippen molar-refractivity contribution >= 4 is 10.8 Å². The quantitative estimate of drug-likeness (QED) is 0.398. The van der Waals surface area contributed by atoms with Gasteiger partial charge in [-0.25, -0.2) is 0 Å². The number of aromatic nitrogens is 1. The summed E-state index contributed by atoms with van der Waals surface area (Å²) in [4.78, 5) is 3.98. The molecule has 0 bridgehead atoms. The van der Waals surface area contributed by atoms with Crippen LogP contribution in [0.25, 0.3) is 33.2 Å². The fourth-order valence-corrected chi connectivity index (χ4v) is 3.04. The highest BCUT2D eigenvalue weighted by Crippen LogP contribution is 2.33. The topological polar surface area (TPSA) is 12.9 Å². The Labute approximate surface area is 148 Å². The van der Waals surface area contributed by atoms with Gasteiger partial charge in [0.2, 0.25) is 0 Å². The van der Waals surface area contributed by atoms with Crippen LogP contribution in [-0.4, -0.2) is 4.98 Å². The Morgan fingerprint density at radius 2 is 1.50 bits per heavy atom. The van der Waals surface area contributed by atoms with Gasteiger partial charge in [-0.15, -0.1) is 0 Å². The average molecular weight is 349 g/mol. The minimum atomic E-state index is -4.38. The second-order valence-electron chi connectivity index (χ2n) is 6.04. The molecule has 4 aromatic rings. The maximum Gasteiger partial charge on any atom is 0.417 e. The van der Waals surface area contributed by atoms with E-state index in [1.807, 2.05) is 48.5 Å². The highest BCUT2D eigenvalue weighted by molar-refractivity contribution is 5.98. The van der Waals surface area contributed by atoms with Crippen molar-refractivity contribution < 1.29 is 13.2 Å². The van der Waals surface area contributed by atoms with Crippen LogP contribution in [0.4, 0.5) is 13.2 Å². The molecule has 1 heterocycles. The molecule has 4 rings (SSSR count). The molecule has 0 spiro atoms. The number of pyridine rings is 1. The summed E-state index contributed by atoms with van der Waals surface area (Å²) < 4.78 is 38.1. The van der Waals surface area contributed by atoms with Gasteiger partial charge in [-0.1, -0.05) is 60.7 Å². The van der Waals surface area contributed by atoms with E-state index in [0.717, 1.165) is 39.7 Å². The summed E-state index contributed by atoms with van der Waals surface area (Å²) in [6, 6.07) is 24.4. The molecule has 4 heteroatoms. The van der Waals surface area contributed by atoms with Crippen molar-refractivity contribution in [2.45, 2.75) is 6.18 Å². The van der Waals surface area contributed by atoms with Gasteiger partial charge in [0.15, 0.2) is 0 Å². The fourth-order valence-electron chi connectivity index (χ4n) is 3.04. The Bertz CT molecular complexity index is 1050. The van der Waals surface area contributed by atoms with Crippen LogP contribution >= 0.6 is 0 Å². The zero-order chi connectivity index (χ0) is 18.1. The first-order chi connectivity index (χ1) is 12.5. The number of halogens is 3. The van der Waals surface area contributed by atoms with Gasteiger partial charge in [0.05, 0.1) is 11.3 Å². The molecule has 0 amide bonds. The molecule has 26 heavy (non-hydrogen) atoms. The molecule has 128 valence electrons. The lowest BCUT2D eigenvalue weighted by atomic mass is 9.96. The number of hydrogen-bond acceptors (Lipinski definition) is 1. The molecule has 0 N–H and O–H groups in total. The van der Waals surface area contributed by atoms with E-state index in [1.54, 1.807) is 0 Å². The molecule has 0 saturated heterocycles.